The average molecular weight is 745 g/mol. The normalized spacial score (nSPS) is 11.2. The molecule has 0 spiro atoms. The van der Waals surface area contributed by atoms with E-state index in [4.69, 9.17) is 27.3 Å². The summed E-state index contributed by atoms with van der Waals surface area (Å²) in [6.07, 6.45) is 1.82. The summed E-state index contributed by atoms with van der Waals surface area (Å²) in [6.45, 7) is 8.52. The average Bonchev–Trinajstić information content (AvgIpc) is 3.28. The molecule has 0 fully saturated rings. The molecule has 0 atom stereocenters. The van der Waals surface area contributed by atoms with E-state index in [2.05, 4.69) is 92.9 Å². The van der Waals surface area contributed by atoms with Gasteiger partial charge in [-0.15, -0.1) is 22.4 Å². The Morgan fingerprint density at radius 1 is 0.762 bits per heavy atom. The first-order valence-electron chi connectivity index (χ1n) is 13.6. The number of rotatable bonds is 4. The van der Waals surface area contributed by atoms with Crippen LogP contribution in [0.5, 0.6) is 11.6 Å². The number of benzene rings is 4. The third kappa shape index (κ3) is 4.67. The molecule has 0 unspecified atom stereocenters. The van der Waals surface area contributed by atoms with E-state index < -0.39 is 0 Å². The van der Waals surface area contributed by atoms with Crippen LogP contribution < -0.4 is 4.74 Å². The number of fused-ring (bicyclic) bond motifs is 4. The maximum Gasteiger partial charge on any atom is 2.00 e. The summed E-state index contributed by atoms with van der Waals surface area (Å²) < 4.78 is 8.48. The molecule has 3 aromatic heterocycles. The van der Waals surface area contributed by atoms with E-state index in [0.717, 1.165) is 49.7 Å². The molecule has 4 nitrogen and oxygen atoms in total. The zero-order chi connectivity index (χ0) is 28.2. The van der Waals surface area contributed by atoms with Gasteiger partial charge in [0.25, 0.3) is 0 Å². The van der Waals surface area contributed by atoms with Gasteiger partial charge < -0.3 is 21.9 Å². The molecule has 3 heterocycles. The minimum absolute atomic E-state index is 0. The van der Waals surface area contributed by atoms with E-state index in [1.165, 1.54) is 22.3 Å². The largest absolute Gasteiger partial charge is 2.00 e. The van der Waals surface area contributed by atoms with Crippen LogP contribution in [0.15, 0.2) is 96.0 Å². The first-order chi connectivity index (χ1) is 19.9. The van der Waals surface area contributed by atoms with Gasteiger partial charge in [-0.2, -0.15) is 6.07 Å². The third-order valence-electron chi connectivity index (χ3n) is 7.71. The van der Waals surface area contributed by atoms with Crippen molar-refractivity contribution < 1.29 is 25.8 Å². The van der Waals surface area contributed by atoms with Crippen molar-refractivity contribution in [1.82, 2.24) is 14.5 Å². The fraction of sp³-hybridized carbons (Fsp3) is 0.111. The molecule has 208 valence electrons. The predicted octanol–water partition coefficient (Wildman–Crippen LogP) is 9.12. The van der Waals surface area contributed by atoms with Crippen molar-refractivity contribution in [3.8, 4) is 28.6 Å². The number of aryl methyl sites for hydroxylation is 4. The Morgan fingerprint density at radius 3 is 2.31 bits per heavy atom. The summed E-state index contributed by atoms with van der Waals surface area (Å²) in [5.41, 5.74) is 9.91. The van der Waals surface area contributed by atoms with E-state index in [1.54, 1.807) is 0 Å². The molecule has 6 heteroatoms. The molecule has 7 rings (SSSR count). The quantitative estimate of drug-likeness (QED) is 0.133. The monoisotopic (exact) mass is 744 g/mol. The Labute approximate surface area is 265 Å². The molecular weight excluding hydrogens is 718 g/mol. The van der Waals surface area contributed by atoms with E-state index in [-0.39, 0.29) is 21.1 Å². The van der Waals surface area contributed by atoms with Crippen LogP contribution in [0.4, 0.5) is 0 Å². The van der Waals surface area contributed by atoms with Crippen LogP contribution in [-0.2, 0) is 33.7 Å². The summed E-state index contributed by atoms with van der Waals surface area (Å²) >= 11 is 5.72. The molecule has 0 radical (unpaired) electrons. The Balaban J connectivity index is 0.00000316. The molecule has 0 N–H and O–H groups in total. The number of pyridine rings is 2. The van der Waals surface area contributed by atoms with Crippen molar-refractivity contribution in [1.29, 1.82) is 0 Å². The minimum Gasteiger partial charge on any atom is -0.778 e. The first-order valence-corrected chi connectivity index (χ1v) is 14.0. The van der Waals surface area contributed by atoms with Gasteiger partial charge in [-0.05, 0) is 79.1 Å². The second kappa shape index (κ2) is 11.0. The Kier molecular flexibility index (Phi) is 7.34. The SMILES string of the molecule is Cc1cc(C)c(-c2ccc([S-])c3nc(Oc4[c-]c5c(cc4)c4ccccc4n5-c4ncccc4C)ccc23)c(C)c1.[Pt+2]. The number of hydrogen-bond acceptors (Lipinski definition) is 4. The summed E-state index contributed by atoms with van der Waals surface area (Å²) in [6, 6.07) is 32.4. The van der Waals surface area contributed by atoms with Crippen LogP contribution in [-0.4, -0.2) is 14.5 Å². The smallest absolute Gasteiger partial charge is 0.778 e. The van der Waals surface area contributed by atoms with Gasteiger partial charge in [0.2, 0.25) is 5.88 Å². The Hall–Kier alpha value is -4.05. The topological polar surface area (TPSA) is 39.9 Å². The maximum atomic E-state index is 6.33. The first kappa shape index (κ1) is 28.1. The van der Waals surface area contributed by atoms with Crippen molar-refractivity contribution in [3.05, 3.63) is 119 Å². The predicted molar refractivity (Wildman–Crippen MR) is 169 cm³/mol. The summed E-state index contributed by atoms with van der Waals surface area (Å²) in [5, 5.41) is 3.25. The summed E-state index contributed by atoms with van der Waals surface area (Å²) in [5.74, 6) is 1.93. The van der Waals surface area contributed by atoms with E-state index in [9.17, 15) is 0 Å². The van der Waals surface area contributed by atoms with Crippen molar-refractivity contribution in [3.63, 3.8) is 0 Å². The fourth-order valence-electron chi connectivity index (χ4n) is 6.03. The molecule has 0 saturated heterocycles. The number of aromatic nitrogens is 3. The van der Waals surface area contributed by atoms with Gasteiger partial charge in [0.1, 0.15) is 5.82 Å². The molecule has 0 bridgehead atoms. The van der Waals surface area contributed by atoms with Crippen LogP contribution in [0.2, 0.25) is 0 Å². The van der Waals surface area contributed by atoms with Gasteiger partial charge in [0, 0.05) is 28.9 Å². The molecule has 4 aromatic carbocycles. The molecule has 7 aromatic rings. The van der Waals surface area contributed by atoms with E-state index in [0.29, 0.717) is 16.5 Å². The molecule has 0 aliphatic carbocycles. The molecule has 0 aliphatic heterocycles. The Morgan fingerprint density at radius 2 is 1.52 bits per heavy atom. The third-order valence-corrected chi connectivity index (χ3v) is 8.04. The van der Waals surface area contributed by atoms with Gasteiger partial charge in [-0.1, -0.05) is 59.6 Å². The minimum atomic E-state index is 0. The van der Waals surface area contributed by atoms with Crippen LogP contribution in [0.1, 0.15) is 22.3 Å². The van der Waals surface area contributed by atoms with Crippen LogP contribution in [0.3, 0.4) is 0 Å². The zero-order valence-corrected chi connectivity index (χ0v) is 26.7. The standard InChI is InChI=1S/C36H28N3OS.Pt/c1-21-18-23(3)34(24(4)19-21)28-13-15-32(41)35-29(28)14-16-33(38-35)40-25-11-12-27-26-9-5-6-10-30(26)39(31(27)20-25)36-22(2)8-7-17-37-36;/h5-19,41H,1-4H3;/q-1;+2/p-1. The van der Waals surface area contributed by atoms with E-state index >= 15 is 0 Å². The zero-order valence-electron chi connectivity index (χ0n) is 23.6. The van der Waals surface area contributed by atoms with Crippen molar-refractivity contribution in [2.75, 3.05) is 0 Å². The molecule has 0 saturated carbocycles. The molecular formula is C36H27N3OPtS. The maximum absolute atomic E-state index is 6.33. The number of hydrogen-bond donors (Lipinski definition) is 0. The van der Waals surface area contributed by atoms with Gasteiger partial charge in [0.05, 0.1) is 5.52 Å². The van der Waals surface area contributed by atoms with Crippen LogP contribution >= 0.6 is 0 Å². The van der Waals surface area contributed by atoms with Crippen LogP contribution in [0.25, 0.3) is 49.7 Å². The number of ether oxygens (including phenoxy) is 1. The second-order valence-corrected chi connectivity index (χ2v) is 11.1. The molecule has 0 aliphatic rings. The van der Waals surface area contributed by atoms with Crippen molar-refractivity contribution in [2.45, 2.75) is 32.6 Å². The number of nitrogens with zero attached hydrogens (tertiary/aromatic N) is 3. The molecule has 42 heavy (non-hydrogen) atoms. The number of para-hydroxylation sites is 1. The second-order valence-electron chi connectivity index (χ2n) is 10.6. The van der Waals surface area contributed by atoms with Gasteiger partial charge in [-0.3, -0.25) is 0 Å². The fourth-order valence-corrected chi connectivity index (χ4v) is 6.26. The van der Waals surface area contributed by atoms with Crippen molar-refractivity contribution >= 4 is 45.3 Å². The van der Waals surface area contributed by atoms with Crippen LogP contribution in [0, 0.1) is 33.8 Å². The van der Waals surface area contributed by atoms with Gasteiger partial charge in [-0.25, -0.2) is 9.97 Å². The van der Waals surface area contributed by atoms with E-state index in [1.807, 2.05) is 36.5 Å². The molecule has 0 amide bonds. The van der Waals surface area contributed by atoms with Gasteiger partial charge >= 0.3 is 21.1 Å². The summed E-state index contributed by atoms with van der Waals surface area (Å²) in [4.78, 5) is 10.3. The van der Waals surface area contributed by atoms with Crippen molar-refractivity contribution in [2.24, 2.45) is 0 Å². The van der Waals surface area contributed by atoms with Gasteiger partial charge in [0.15, 0.2) is 0 Å². The Bertz CT molecular complexity index is 2130. The summed E-state index contributed by atoms with van der Waals surface area (Å²) in [7, 11) is 0.